The number of imide groups is 2. The number of carbonyl (C=O) groups excluding carboxylic acids is 3. The molecule has 1 aliphatic heterocycles. The molecule has 8 heteroatoms. The van der Waals surface area contributed by atoms with E-state index in [0.717, 1.165) is 0 Å². The van der Waals surface area contributed by atoms with Gasteiger partial charge in [-0.25, -0.2) is 4.79 Å². The summed E-state index contributed by atoms with van der Waals surface area (Å²) in [7, 11) is 3.10. The van der Waals surface area contributed by atoms with Gasteiger partial charge in [-0.3, -0.25) is 20.2 Å². The number of carbonyl (C=O) groups is 3. The Morgan fingerprint density at radius 2 is 1.16 bits per heavy atom. The summed E-state index contributed by atoms with van der Waals surface area (Å²) in [5, 5.41) is 15.3. The zero-order chi connectivity index (χ0) is 22.2. The van der Waals surface area contributed by atoms with Gasteiger partial charge in [-0.1, -0.05) is 24.3 Å². The van der Waals surface area contributed by atoms with Gasteiger partial charge in [0.1, 0.15) is 16.9 Å². The third-order valence-electron chi connectivity index (χ3n) is 6.36. The Morgan fingerprint density at radius 3 is 1.52 bits per heavy atom. The van der Waals surface area contributed by atoms with Crippen LogP contribution in [0.5, 0.6) is 11.5 Å². The van der Waals surface area contributed by atoms with E-state index in [2.05, 4.69) is 10.6 Å². The first-order valence-corrected chi connectivity index (χ1v) is 10.0. The lowest BCUT2D eigenvalue weighted by molar-refractivity contribution is -0.152. The first kappa shape index (κ1) is 20.9. The van der Waals surface area contributed by atoms with Gasteiger partial charge in [0, 0.05) is 11.8 Å². The molecule has 2 aromatic carbocycles. The number of ether oxygens (including phenoxy) is 2. The van der Waals surface area contributed by atoms with Gasteiger partial charge in [0.15, 0.2) is 0 Å². The van der Waals surface area contributed by atoms with Gasteiger partial charge in [-0.15, -0.1) is 0 Å². The average Bonchev–Trinajstić information content (AvgIpc) is 2.77. The van der Waals surface area contributed by atoms with Crippen molar-refractivity contribution >= 4 is 17.8 Å². The first-order valence-electron chi connectivity index (χ1n) is 10.0. The number of methoxy groups -OCH3 is 2. The summed E-state index contributed by atoms with van der Waals surface area (Å²) in [4.78, 5) is 38.7. The summed E-state index contributed by atoms with van der Waals surface area (Å²) in [5.74, 6) is -1.35. The number of hydrogen-bond donors (Lipinski definition) is 3. The highest BCUT2D eigenvalue weighted by Gasteiger charge is 2.63. The monoisotopic (exact) mass is 424 g/mol. The average molecular weight is 424 g/mol. The van der Waals surface area contributed by atoms with Gasteiger partial charge in [-0.05, 0) is 48.2 Å². The molecule has 0 unspecified atom stereocenters. The summed E-state index contributed by atoms with van der Waals surface area (Å²) in [6.45, 7) is 0. The first-order chi connectivity index (χ1) is 14.9. The topological polar surface area (TPSA) is 114 Å². The van der Waals surface area contributed by atoms with E-state index in [-0.39, 0.29) is 12.8 Å². The molecule has 1 saturated carbocycles. The van der Waals surface area contributed by atoms with Crippen LogP contribution in [0.1, 0.15) is 35.8 Å². The van der Waals surface area contributed by atoms with E-state index < -0.39 is 41.2 Å². The van der Waals surface area contributed by atoms with Crippen LogP contribution in [0.4, 0.5) is 4.79 Å². The van der Waals surface area contributed by atoms with Crippen molar-refractivity contribution in [1.29, 1.82) is 0 Å². The van der Waals surface area contributed by atoms with Crippen molar-refractivity contribution in [1.82, 2.24) is 10.6 Å². The zero-order valence-corrected chi connectivity index (χ0v) is 17.3. The number of aliphatic hydroxyl groups excluding tert-OH is 1. The zero-order valence-electron chi connectivity index (χ0n) is 17.3. The Morgan fingerprint density at radius 1 is 0.774 bits per heavy atom. The van der Waals surface area contributed by atoms with Crippen LogP contribution < -0.4 is 20.1 Å². The van der Waals surface area contributed by atoms with Crippen LogP contribution in [-0.2, 0) is 9.59 Å². The number of hydrogen-bond acceptors (Lipinski definition) is 6. The van der Waals surface area contributed by atoms with Crippen LogP contribution in [0.3, 0.4) is 0 Å². The maximum Gasteiger partial charge on any atom is 0.328 e. The minimum Gasteiger partial charge on any atom is -0.497 e. The van der Waals surface area contributed by atoms with Crippen LogP contribution in [-0.4, -0.2) is 43.3 Å². The van der Waals surface area contributed by atoms with Crippen LogP contribution in [0, 0.1) is 5.41 Å². The number of urea groups is 1. The molecule has 0 aromatic heterocycles. The van der Waals surface area contributed by atoms with Crippen LogP contribution in [0.15, 0.2) is 48.5 Å². The molecule has 0 bridgehead atoms. The Bertz CT molecular complexity index is 922. The molecule has 31 heavy (non-hydrogen) atoms. The lowest BCUT2D eigenvalue weighted by Gasteiger charge is -2.50. The molecular formula is C23H24N2O6. The highest BCUT2D eigenvalue weighted by molar-refractivity contribution is 6.20. The van der Waals surface area contributed by atoms with E-state index >= 15 is 0 Å². The second-order valence-electron chi connectivity index (χ2n) is 7.88. The van der Waals surface area contributed by atoms with Gasteiger partial charge >= 0.3 is 6.03 Å². The number of amides is 4. The minimum absolute atomic E-state index is 0.202. The number of aliphatic hydroxyl groups is 1. The molecule has 2 aromatic rings. The minimum atomic E-state index is -1.60. The third kappa shape index (κ3) is 3.42. The fraction of sp³-hybridized carbons (Fsp3) is 0.348. The van der Waals surface area contributed by atoms with E-state index in [4.69, 9.17) is 9.47 Å². The van der Waals surface area contributed by atoms with Gasteiger partial charge in [0.2, 0.25) is 11.8 Å². The number of benzene rings is 2. The largest absolute Gasteiger partial charge is 0.497 e. The quantitative estimate of drug-likeness (QED) is 0.648. The van der Waals surface area contributed by atoms with Gasteiger partial charge in [0.25, 0.3) is 0 Å². The van der Waals surface area contributed by atoms with E-state index in [0.29, 0.717) is 22.6 Å². The third-order valence-corrected chi connectivity index (χ3v) is 6.36. The SMILES string of the molecule is COc1ccc([C@@H]2CC(O)C[C@@H](c3ccc(OC)cc3)C23C(=O)NC(=O)NC3=O)cc1. The van der Waals surface area contributed by atoms with Crippen molar-refractivity contribution < 1.29 is 29.0 Å². The van der Waals surface area contributed by atoms with Gasteiger partial charge in [-0.2, -0.15) is 0 Å². The molecule has 1 heterocycles. The molecule has 1 aliphatic carbocycles. The van der Waals surface area contributed by atoms with Crippen LogP contribution >= 0.6 is 0 Å². The second-order valence-corrected chi connectivity index (χ2v) is 7.88. The summed E-state index contributed by atoms with van der Waals surface area (Å²) in [6, 6.07) is 13.3. The van der Waals surface area contributed by atoms with Crippen LogP contribution in [0.25, 0.3) is 0 Å². The van der Waals surface area contributed by atoms with E-state index in [1.807, 2.05) is 0 Å². The molecule has 8 nitrogen and oxygen atoms in total. The van der Waals surface area contributed by atoms with E-state index in [9.17, 15) is 19.5 Å². The van der Waals surface area contributed by atoms with Crippen molar-refractivity contribution in [2.45, 2.75) is 30.8 Å². The van der Waals surface area contributed by atoms with Gasteiger partial charge in [0.05, 0.1) is 20.3 Å². The predicted octanol–water partition coefficient (Wildman–Crippen LogP) is 2.08. The molecule has 2 aliphatic rings. The molecule has 2 atom stereocenters. The molecule has 4 amide bonds. The molecule has 0 radical (unpaired) electrons. The maximum absolute atomic E-state index is 13.4. The fourth-order valence-corrected chi connectivity index (χ4v) is 4.91. The summed E-state index contributed by atoms with van der Waals surface area (Å²) in [6.07, 6.45) is -0.328. The molecule has 4 rings (SSSR count). The Hall–Kier alpha value is -3.39. The smallest absolute Gasteiger partial charge is 0.328 e. The lowest BCUT2D eigenvalue weighted by atomic mass is 9.54. The normalized spacial score (nSPS) is 25.0. The summed E-state index contributed by atoms with van der Waals surface area (Å²) < 4.78 is 10.4. The standard InChI is InChI=1S/C23H24N2O6/c1-30-16-7-3-13(4-8-16)18-11-15(26)12-19(14-5-9-17(31-2)10-6-14)23(18)20(27)24-22(29)25-21(23)28/h3-10,15,18-19,26H,11-12H2,1-2H3,(H2,24,25,27,28,29)/t18-,19-/m0/s1. The highest BCUT2D eigenvalue weighted by atomic mass is 16.5. The van der Waals surface area contributed by atoms with Crippen molar-refractivity contribution in [2.24, 2.45) is 5.41 Å². The lowest BCUT2D eigenvalue weighted by Crippen LogP contribution is -2.67. The van der Waals surface area contributed by atoms with Gasteiger partial charge < -0.3 is 14.6 Å². The number of barbiturate groups is 1. The Balaban J connectivity index is 1.88. The highest BCUT2D eigenvalue weighted by Crippen LogP contribution is 2.56. The molecule has 2 fully saturated rings. The summed E-state index contributed by atoms with van der Waals surface area (Å²) in [5.41, 5.74) is -0.188. The molecule has 3 N–H and O–H groups in total. The van der Waals surface area contributed by atoms with Crippen molar-refractivity contribution in [2.75, 3.05) is 14.2 Å². The Kier molecular flexibility index (Phi) is 5.41. The number of nitrogens with one attached hydrogen (secondary N) is 2. The molecule has 1 saturated heterocycles. The maximum atomic E-state index is 13.4. The second kappa shape index (κ2) is 8.03. The molecule has 162 valence electrons. The van der Waals surface area contributed by atoms with Crippen LogP contribution in [0.2, 0.25) is 0 Å². The van der Waals surface area contributed by atoms with Crippen molar-refractivity contribution in [3.05, 3.63) is 59.7 Å². The Labute approximate surface area is 179 Å². The fourth-order valence-electron chi connectivity index (χ4n) is 4.91. The van der Waals surface area contributed by atoms with E-state index in [1.165, 1.54) is 0 Å². The molecular weight excluding hydrogens is 400 g/mol. The molecule has 1 spiro atoms. The van der Waals surface area contributed by atoms with Crippen molar-refractivity contribution in [3.8, 4) is 11.5 Å². The predicted molar refractivity (Wildman–Crippen MR) is 111 cm³/mol. The number of rotatable bonds is 4. The van der Waals surface area contributed by atoms with E-state index in [1.54, 1.807) is 62.8 Å². The summed E-state index contributed by atoms with van der Waals surface area (Å²) >= 11 is 0. The van der Waals surface area contributed by atoms with Crippen molar-refractivity contribution in [3.63, 3.8) is 0 Å².